The van der Waals surface area contributed by atoms with Crippen molar-refractivity contribution in [3.05, 3.63) is 41.1 Å². The van der Waals surface area contributed by atoms with E-state index in [1.54, 1.807) is 23.9 Å². The molecule has 3 rings (SSSR count). The molecule has 0 amide bonds. The number of imidazole rings is 1. The lowest BCUT2D eigenvalue weighted by Crippen LogP contribution is -1.91. The van der Waals surface area contributed by atoms with Crippen LogP contribution >= 0.6 is 11.3 Å². The first-order valence-electron chi connectivity index (χ1n) is 4.65. The van der Waals surface area contributed by atoms with Crippen LogP contribution in [0, 0.1) is 11.3 Å². The molecule has 0 aliphatic carbocycles. The van der Waals surface area contributed by atoms with Gasteiger partial charge in [0.15, 0.2) is 11.3 Å². The van der Waals surface area contributed by atoms with Gasteiger partial charge in [-0.15, -0.1) is 0 Å². The molecule has 76 valence electrons. The third-order valence-corrected chi connectivity index (χ3v) is 3.04. The van der Waals surface area contributed by atoms with E-state index in [2.05, 4.69) is 15.3 Å². The molecule has 3 aromatic heterocycles. The molecule has 4 nitrogen and oxygen atoms in total. The minimum Gasteiger partial charge on any atom is -0.282 e. The van der Waals surface area contributed by atoms with Crippen LogP contribution in [-0.2, 0) is 0 Å². The van der Waals surface area contributed by atoms with Gasteiger partial charge in [0.25, 0.3) is 0 Å². The molecule has 0 fully saturated rings. The largest absolute Gasteiger partial charge is 0.282 e. The maximum absolute atomic E-state index is 8.88. The Kier molecular flexibility index (Phi) is 1.95. The van der Waals surface area contributed by atoms with Crippen molar-refractivity contribution in [2.24, 2.45) is 0 Å². The van der Waals surface area contributed by atoms with Gasteiger partial charge in [0.05, 0.1) is 5.69 Å². The summed E-state index contributed by atoms with van der Waals surface area (Å²) in [5.74, 6) is 0. The van der Waals surface area contributed by atoms with Gasteiger partial charge >= 0.3 is 0 Å². The van der Waals surface area contributed by atoms with Crippen LogP contribution in [0.5, 0.6) is 0 Å². The number of nitriles is 1. The summed E-state index contributed by atoms with van der Waals surface area (Å²) in [7, 11) is 0. The predicted octanol–water partition coefficient (Wildman–Crippen LogP) is 2.33. The molecular formula is C11H6N4S. The van der Waals surface area contributed by atoms with Crippen molar-refractivity contribution in [3.8, 4) is 17.3 Å². The molecule has 0 aliphatic rings. The normalized spacial score (nSPS) is 10.4. The van der Waals surface area contributed by atoms with Crippen LogP contribution in [0.2, 0.25) is 0 Å². The van der Waals surface area contributed by atoms with E-state index in [9.17, 15) is 0 Å². The smallest absolute Gasteiger partial charge is 0.185 e. The second-order valence-corrected chi connectivity index (χ2v) is 4.02. The topological polar surface area (TPSA) is 54.0 Å². The summed E-state index contributed by atoms with van der Waals surface area (Å²) in [4.78, 5) is 8.19. The summed E-state index contributed by atoms with van der Waals surface area (Å²) >= 11 is 1.64. The molecule has 0 aromatic carbocycles. The first-order valence-corrected chi connectivity index (χ1v) is 5.59. The SMILES string of the molecule is N#Cc1ncn2c(-c3ccsc3)ccnc12. The average molecular weight is 226 g/mol. The second-order valence-electron chi connectivity index (χ2n) is 3.24. The number of rotatable bonds is 1. The highest BCUT2D eigenvalue weighted by molar-refractivity contribution is 7.08. The molecule has 0 aliphatic heterocycles. The predicted molar refractivity (Wildman–Crippen MR) is 61.0 cm³/mol. The Bertz CT molecular complexity index is 676. The van der Waals surface area contributed by atoms with Crippen LogP contribution < -0.4 is 0 Å². The first kappa shape index (κ1) is 9.07. The molecule has 0 saturated heterocycles. The zero-order valence-electron chi connectivity index (χ0n) is 8.16. The van der Waals surface area contributed by atoms with Crippen molar-refractivity contribution in [3.63, 3.8) is 0 Å². The van der Waals surface area contributed by atoms with E-state index in [0.29, 0.717) is 11.3 Å². The third-order valence-electron chi connectivity index (χ3n) is 2.35. The van der Waals surface area contributed by atoms with Gasteiger partial charge in [-0.2, -0.15) is 16.6 Å². The zero-order chi connectivity index (χ0) is 11.0. The van der Waals surface area contributed by atoms with E-state index in [0.717, 1.165) is 11.3 Å². The van der Waals surface area contributed by atoms with E-state index in [-0.39, 0.29) is 0 Å². The fraction of sp³-hybridized carbons (Fsp3) is 0. The highest BCUT2D eigenvalue weighted by Crippen LogP contribution is 2.22. The third kappa shape index (κ3) is 1.21. The fourth-order valence-corrected chi connectivity index (χ4v) is 2.27. The van der Waals surface area contributed by atoms with Gasteiger partial charge < -0.3 is 0 Å². The standard InChI is InChI=1S/C11H6N4S/c12-5-9-11-13-3-1-10(15(11)7-14-9)8-2-4-16-6-8/h1-4,6-7H. The molecule has 3 heterocycles. The molecule has 0 bridgehead atoms. The number of hydrogen-bond donors (Lipinski definition) is 0. The van der Waals surface area contributed by atoms with E-state index in [4.69, 9.17) is 5.26 Å². The summed E-state index contributed by atoms with van der Waals surface area (Å²) < 4.78 is 1.83. The molecule has 0 atom stereocenters. The second kappa shape index (κ2) is 3.43. The fourth-order valence-electron chi connectivity index (χ4n) is 1.62. The van der Waals surface area contributed by atoms with Crippen LogP contribution in [0.15, 0.2) is 35.4 Å². The minimum absolute atomic E-state index is 0.358. The van der Waals surface area contributed by atoms with Crippen molar-refractivity contribution in [2.45, 2.75) is 0 Å². The zero-order valence-corrected chi connectivity index (χ0v) is 8.98. The van der Waals surface area contributed by atoms with Gasteiger partial charge in [-0.3, -0.25) is 4.40 Å². The van der Waals surface area contributed by atoms with Crippen LogP contribution in [0.25, 0.3) is 16.9 Å². The Morgan fingerprint density at radius 2 is 2.25 bits per heavy atom. The van der Waals surface area contributed by atoms with Gasteiger partial charge in [-0.25, -0.2) is 9.97 Å². The lowest BCUT2D eigenvalue weighted by atomic mass is 10.2. The molecule has 0 unspecified atom stereocenters. The molecule has 0 saturated carbocycles. The quantitative estimate of drug-likeness (QED) is 0.640. The van der Waals surface area contributed by atoms with Gasteiger partial charge in [0.1, 0.15) is 12.4 Å². The molecule has 5 heteroatoms. The van der Waals surface area contributed by atoms with Crippen molar-refractivity contribution >= 4 is 17.0 Å². The van der Waals surface area contributed by atoms with E-state index in [1.165, 1.54) is 0 Å². The molecule has 16 heavy (non-hydrogen) atoms. The number of thiophene rings is 1. The highest BCUT2D eigenvalue weighted by atomic mass is 32.1. The van der Waals surface area contributed by atoms with Crippen LogP contribution in [-0.4, -0.2) is 14.4 Å². The Hall–Kier alpha value is -2.19. The summed E-state index contributed by atoms with van der Waals surface area (Å²) in [5.41, 5.74) is 3.07. The summed E-state index contributed by atoms with van der Waals surface area (Å²) in [5, 5.41) is 13.0. The molecule has 0 spiro atoms. The number of nitrogens with zero attached hydrogens (tertiary/aromatic N) is 4. The van der Waals surface area contributed by atoms with Crippen molar-refractivity contribution in [1.82, 2.24) is 14.4 Å². The Morgan fingerprint density at radius 3 is 3.00 bits per heavy atom. The van der Waals surface area contributed by atoms with Crippen molar-refractivity contribution in [2.75, 3.05) is 0 Å². The summed E-state index contributed by atoms with van der Waals surface area (Å²) in [6.07, 6.45) is 3.33. The van der Waals surface area contributed by atoms with Gasteiger partial charge in [-0.05, 0) is 17.5 Å². The molecule has 0 radical (unpaired) electrons. The lowest BCUT2D eigenvalue weighted by molar-refractivity contribution is 1.12. The maximum atomic E-state index is 8.88. The Labute approximate surface area is 95.4 Å². The van der Waals surface area contributed by atoms with Crippen LogP contribution in [0.1, 0.15) is 5.69 Å². The number of fused-ring (bicyclic) bond motifs is 1. The van der Waals surface area contributed by atoms with Gasteiger partial charge in [0, 0.05) is 17.1 Å². The summed E-state index contributed by atoms with van der Waals surface area (Å²) in [6, 6.07) is 5.98. The number of hydrogen-bond acceptors (Lipinski definition) is 4. The molecular weight excluding hydrogens is 220 g/mol. The van der Waals surface area contributed by atoms with Gasteiger partial charge in [0.2, 0.25) is 0 Å². The molecule has 3 aromatic rings. The van der Waals surface area contributed by atoms with E-state index < -0.39 is 0 Å². The van der Waals surface area contributed by atoms with E-state index >= 15 is 0 Å². The Morgan fingerprint density at radius 1 is 1.31 bits per heavy atom. The van der Waals surface area contributed by atoms with Crippen LogP contribution in [0.4, 0.5) is 0 Å². The van der Waals surface area contributed by atoms with Crippen molar-refractivity contribution < 1.29 is 0 Å². The Balaban J connectivity index is 2.36. The van der Waals surface area contributed by atoms with E-state index in [1.807, 2.05) is 28.0 Å². The molecule has 0 N–H and O–H groups in total. The maximum Gasteiger partial charge on any atom is 0.185 e. The monoisotopic (exact) mass is 226 g/mol. The van der Waals surface area contributed by atoms with Crippen LogP contribution in [0.3, 0.4) is 0 Å². The minimum atomic E-state index is 0.358. The average Bonchev–Trinajstić information content (AvgIpc) is 2.97. The van der Waals surface area contributed by atoms with Crippen molar-refractivity contribution in [1.29, 1.82) is 5.26 Å². The number of aromatic nitrogens is 3. The van der Waals surface area contributed by atoms with Gasteiger partial charge in [-0.1, -0.05) is 0 Å². The highest BCUT2D eigenvalue weighted by Gasteiger charge is 2.09. The summed E-state index contributed by atoms with van der Waals surface area (Å²) in [6.45, 7) is 0. The first-order chi connectivity index (χ1) is 7.90. The lowest BCUT2D eigenvalue weighted by Gasteiger charge is -2.01.